The van der Waals surface area contributed by atoms with Gasteiger partial charge in [0.2, 0.25) is 5.91 Å². The summed E-state index contributed by atoms with van der Waals surface area (Å²) in [5.41, 5.74) is 0.938. The minimum atomic E-state index is -0.881. The number of hydrogen-bond donors (Lipinski definition) is 2. The van der Waals surface area contributed by atoms with Crippen molar-refractivity contribution in [2.45, 2.75) is 51.7 Å². The first-order valence-electron chi connectivity index (χ1n) is 7.99. The van der Waals surface area contributed by atoms with E-state index in [1.165, 1.54) is 0 Å². The van der Waals surface area contributed by atoms with Crippen LogP contribution in [-0.2, 0) is 16.0 Å². The van der Waals surface area contributed by atoms with E-state index in [1.54, 1.807) is 0 Å². The molecule has 0 aromatic heterocycles. The second kappa shape index (κ2) is 7.54. The molecule has 4 heteroatoms. The first-order valence-corrected chi connectivity index (χ1v) is 7.99. The van der Waals surface area contributed by atoms with Gasteiger partial charge in [-0.2, -0.15) is 0 Å². The Kier molecular flexibility index (Phi) is 5.72. The van der Waals surface area contributed by atoms with Gasteiger partial charge >= 0.3 is 0 Å². The van der Waals surface area contributed by atoms with Gasteiger partial charge in [0.1, 0.15) is 5.78 Å². The number of hydrogen-bond acceptors (Lipinski definition) is 3. The highest BCUT2D eigenvalue weighted by Crippen LogP contribution is 2.25. The average molecular weight is 303 g/mol. The second-order valence-corrected chi connectivity index (χ2v) is 6.65. The molecule has 1 amide bonds. The Morgan fingerprint density at radius 3 is 2.64 bits per heavy atom. The summed E-state index contributed by atoms with van der Waals surface area (Å²) in [4.78, 5) is 24.0. The summed E-state index contributed by atoms with van der Waals surface area (Å²) in [5, 5.41) is 13.2. The number of aliphatic hydroxyl groups excluding tert-OH is 1. The summed E-state index contributed by atoms with van der Waals surface area (Å²) in [6.45, 7) is 4.22. The third kappa shape index (κ3) is 4.67. The van der Waals surface area contributed by atoms with E-state index >= 15 is 0 Å². The van der Waals surface area contributed by atoms with Crippen LogP contribution in [0.5, 0.6) is 0 Å². The second-order valence-electron chi connectivity index (χ2n) is 6.65. The van der Waals surface area contributed by atoms with E-state index in [0.717, 1.165) is 12.0 Å². The van der Waals surface area contributed by atoms with Gasteiger partial charge in [0.25, 0.3) is 0 Å². The monoisotopic (exact) mass is 303 g/mol. The minimum absolute atomic E-state index is 0.0289. The van der Waals surface area contributed by atoms with Gasteiger partial charge in [0.05, 0.1) is 12.0 Å². The molecule has 1 aromatic carbocycles. The average Bonchev–Trinajstić information content (AvgIpc) is 2.79. The molecule has 0 unspecified atom stereocenters. The molecule has 0 bridgehead atoms. The maximum absolute atomic E-state index is 12.1. The summed E-state index contributed by atoms with van der Waals surface area (Å²) in [6, 6.07) is 9.59. The Morgan fingerprint density at radius 2 is 2.00 bits per heavy atom. The molecule has 0 saturated carbocycles. The smallest absolute Gasteiger partial charge is 0.226 e. The van der Waals surface area contributed by atoms with Crippen molar-refractivity contribution in [1.29, 1.82) is 0 Å². The third-order valence-electron chi connectivity index (χ3n) is 4.12. The van der Waals surface area contributed by atoms with Crippen LogP contribution in [-0.4, -0.2) is 28.9 Å². The Balaban J connectivity index is 1.85. The molecular formula is C18H25NO3. The van der Waals surface area contributed by atoms with Gasteiger partial charge in [0.15, 0.2) is 0 Å². The van der Waals surface area contributed by atoms with Crippen molar-refractivity contribution in [3.8, 4) is 0 Å². The molecule has 2 rings (SSSR count). The molecule has 22 heavy (non-hydrogen) atoms. The SMILES string of the molecule is CC(C)C[C@H]1C[C@H]([C@H](O)CC(=O)Cc2ccccc2)C(=O)N1. The van der Waals surface area contributed by atoms with E-state index in [2.05, 4.69) is 19.2 Å². The fraction of sp³-hybridized carbons (Fsp3) is 0.556. The first-order chi connectivity index (χ1) is 10.5. The number of carbonyl (C=O) groups excluding carboxylic acids is 2. The zero-order valence-corrected chi connectivity index (χ0v) is 13.3. The lowest BCUT2D eigenvalue weighted by Gasteiger charge is -2.15. The highest BCUT2D eigenvalue weighted by atomic mass is 16.3. The number of carbonyl (C=O) groups is 2. The fourth-order valence-corrected chi connectivity index (χ4v) is 3.11. The summed E-state index contributed by atoms with van der Waals surface area (Å²) < 4.78 is 0. The molecule has 120 valence electrons. The van der Waals surface area contributed by atoms with Crippen LogP contribution in [0.15, 0.2) is 30.3 Å². The lowest BCUT2D eigenvalue weighted by Crippen LogP contribution is -2.31. The van der Waals surface area contributed by atoms with Crippen LogP contribution in [0, 0.1) is 11.8 Å². The van der Waals surface area contributed by atoms with Gasteiger partial charge < -0.3 is 10.4 Å². The third-order valence-corrected chi connectivity index (χ3v) is 4.12. The zero-order valence-electron chi connectivity index (χ0n) is 13.3. The van der Waals surface area contributed by atoms with Gasteiger partial charge in [-0.25, -0.2) is 0 Å². The van der Waals surface area contributed by atoms with Crippen LogP contribution in [0.3, 0.4) is 0 Å². The van der Waals surface area contributed by atoms with Gasteiger partial charge in [-0.15, -0.1) is 0 Å². The Bertz CT molecular complexity index is 512. The maximum atomic E-state index is 12.1. The topological polar surface area (TPSA) is 66.4 Å². The summed E-state index contributed by atoms with van der Waals surface area (Å²) in [7, 11) is 0. The van der Waals surface area contributed by atoms with Crippen LogP contribution in [0.1, 0.15) is 38.7 Å². The van der Waals surface area contributed by atoms with Crippen LogP contribution >= 0.6 is 0 Å². The van der Waals surface area contributed by atoms with E-state index < -0.39 is 12.0 Å². The van der Waals surface area contributed by atoms with E-state index in [4.69, 9.17) is 0 Å². The van der Waals surface area contributed by atoms with Crippen molar-refractivity contribution in [2.24, 2.45) is 11.8 Å². The molecule has 2 N–H and O–H groups in total. The summed E-state index contributed by atoms with van der Waals surface area (Å²) in [6.07, 6.45) is 1.00. The molecule has 0 spiro atoms. The van der Waals surface area contributed by atoms with Crippen molar-refractivity contribution in [2.75, 3.05) is 0 Å². The van der Waals surface area contributed by atoms with E-state index in [0.29, 0.717) is 18.8 Å². The highest BCUT2D eigenvalue weighted by Gasteiger charge is 2.37. The van der Waals surface area contributed by atoms with E-state index in [9.17, 15) is 14.7 Å². The molecule has 0 aliphatic carbocycles. The maximum Gasteiger partial charge on any atom is 0.226 e. The molecule has 1 aromatic rings. The number of amides is 1. The molecule has 4 nitrogen and oxygen atoms in total. The molecule has 1 saturated heterocycles. The predicted molar refractivity (Wildman–Crippen MR) is 85.3 cm³/mol. The van der Waals surface area contributed by atoms with Crippen molar-refractivity contribution >= 4 is 11.7 Å². The van der Waals surface area contributed by atoms with Gasteiger partial charge in [-0.3, -0.25) is 9.59 Å². The first kappa shape index (κ1) is 16.7. The molecule has 1 heterocycles. The molecule has 0 radical (unpaired) electrons. The number of benzene rings is 1. The van der Waals surface area contributed by atoms with Crippen molar-refractivity contribution in [3.63, 3.8) is 0 Å². The van der Waals surface area contributed by atoms with Crippen molar-refractivity contribution in [3.05, 3.63) is 35.9 Å². The lowest BCUT2D eigenvalue weighted by atomic mass is 9.91. The quantitative estimate of drug-likeness (QED) is 0.810. The number of rotatable bonds is 7. The molecule has 3 atom stereocenters. The number of nitrogens with one attached hydrogen (secondary N) is 1. The van der Waals surface area contributed by atoms with Crippen molar-refractivity contribution < 1.29 is 14.7 Å². The van der Waals surface area contributed by atoms with Crippen molar-refractivity contribution in [1.82, 2.24) is 5.32 Å². The Labute approximate surface area is 131 Å². The van der Waals surface area contributed by atoms with Crippen LogP contribution in [0.25, 0.3) is 0 Å². The summed E-state index contributed by atoms with van der Waals surface area (Å²) >= 11 is 0. The fourth-order valence-electron chi connectivity index (χ4n) is 3.11. The molecule has 1 aliphatic rings. The van der Waals surface area contributed by atoms with E-state index in [1.807, 2.05) is 30.3 Å². The molecule has 1 aliphatic heterocycles. The predicted octanol–water partition coefficient (Wildman–Crippen LogP) is 2.10. The standard InChI is InChI=1S/C18H25NO3/c1-12(2)8-14-10-16(18(22)19-14)17(21)11-15(20)9-13-6-4-3-5-7-13/h3-7,12,14,16-17,21H,8-11H2,1-2H3,(H,19,22)/t14-,16+,17+/m0/s1. The number of Topliss-reactive ketones (excluding diaryl/α,β-unsaturated/α-hetero) is 1. The lowest BCUT2D eigenvalue weighted by molar-refractivity contribution is -0.127. The van der Waals surface area contributed by atoms with E-state index in [-0.39, 0.29) is 24.2 Å². The van der Waals surface area contributed by atoms with Crippen LogP contribution < -0.4 is 5.32 Å². The largest absolute Gasteiger partial charge is 0.392 e. The minimum Gasteiger partial charge on any atom is -0.392 e. The molecular weight excluding hydrogens is 278 g/mol. The van der Waals surface area contributed by atoms with Gasteiger partial charge in [0, 0.05) is 18.9 Å². The van der Waals surface area contributed by atoms with Crippen LogP contribution in [0.4, 0.5) is 0 Å². The van der Waals surface area contributed by atoms with Gasteiger partial charge in [-0.05, 0) is 24.3 Å². The normalized spacial score (nSPS) is 22.6. The van der Waals surface area contributed by atoms with Crippen LogP contribution in [0.2, 0.25) is 0 Å². The van der Waals surface area contributed by atoms with Gasteiger partial charge in [-0.1, -0.05) is 44.2 Å². The Morgan fingerprint density at radius 1 is 1.32 bits per heavy atom. The zero-order chi connectivity index (χ0) is 16.1. The Hall–Kier alpha value is -1.68. The number of aliphatic hydroxyl groups is 1. The number of ketones is 1. The summed E-state index contributed by atoms with van der Waals surface area (Å²) in [5.74, 6) is -0.103. The highest BCUT2D eigenvalue weighted by molar-refractivity contribution is 5.85. The molecule has 1 fully saturated rings.